The fraction of sp³-hybridized carbons (Fsp3) is 0.133. The summed E-state index contributed by atoms with van der Waals surface area (Å²) >= 11 is 5.71. The number of benzene rings is 1. The van der Waals surface area contributed by atoms with Crippen LogP contribution in [0.5, 0.6) is 0 Å². The Hall–Kier alpha value is -2.40. The molecule has 1 amide bonds. The van der Waals surface area contributed by atoms with Crippen LogP contribution < -0.4 is 5.32 Å². The molecule has 0 aliphatic heterocycles. The highest BCUT2D eigenvalue weighted by molar-refractivity contribution is 6.29. The summed E-state index contributed by atoms with van der Waals surface area (Å²) < 4.78 is 0. The van der Waals surface area contributed by atoms with Gasteiger partial charge >= 0.3 is 5.97 Å². The van der Waals surface area contributed by atoms with Crippen molar-refractivity contribution < 1.29 is 14.7 Å². The van der Waals surface area contributed by atoms with Crippen LogP contribution in [0.1, 0.15) is 21.8 Å². The molecule has 1 heterocycles. The number of nitrogens with one attached hydrogen (secondary N) is 1. The van der Waals surface area contributed by atoms with E-state index in [0.717, 1.165) is 0 Å². The Morgan fingerprint density at radius 3 is 2.57 bits per heavy atom. The first-order valence-corrected chi connectivity index (χ1v) is 6.63. The molecule has 1 aromatic heterocycles. The Morgan fingerprint density at radius 2 is 1.95 bits per heavy atom. The highest BCUT2D eigenvalue weighted by atomic mass is 35.5. The van der Waals surface area contributed by atoms with Crippen LogP contribution >= 0.6 is 11.6 Å². The molecule has 1 unspecified atom stereocenters. The van der Waals surface area contributed by atoms with Crippen LogP contribution in [0, 0.1) is 0 Å². The predicted molar refractivity (Wildman–Crippen MR) is 78.4 cm³/mol. The number of carbonyl (C=O) groups is 2. The van der Waals surface area contributed by atoms with Gasteiger partial charge in [0.05, 0.1) is 5.92 Å². The maximum atomic E-state index is 12.0. The first-order chi connectivity index (χ1) is 10.1. The van der Waals surface area contributed by atoms with Gasteiger partial charge in [-0.25, -0.2) is 4.98 Å². The Morgan fingerprint density at radius 1 is 1.24 bits per heavy atom. The number of carbonyl (C=O) groups excluding carboxylic acids is 1. The molecule has 0 fully saturated rings. The van der Waals surface area contributed by atoms with Crippen molar-refractivity contribution in [3.8, 4) is 0 Å². The number of amides is 1. The standard InChI is InChI=1S/C15H13ClN2O3/c16-13-8-11(6-7-17-13)14(19)18-9-12(15(20)21)10-4-2-1-3-5-10/h1-8,12H,9H2,(H,18,19)(H,20,21). The zero-order chi connectivity index (χ0) is 15.2. The van der Waals surface area contributed by atoms with E-state index in [1.807, 2.05) is 0 Å². The minimum Gasteiger partial charge on any atom is -0.481 e. The Kier molecular flexibility index (Phi) is 4.90. The molecule has 0 aliphatic carbocycles. The summed E-state index contributed by atoms with van der Waals surface area (Å²) in [6, 6.07) is 11.7. The van der Waals surface area contributed by atoms with Gasteiger partial charge in [0.25, 0.3) is 5.91 Å². The lowest BCUT2D eigenvalue weighted by molar-refractivity contribution is -0.138. The Labute approximate surface area is 126 Å². The minimum atomic E-state index is -0.991. The number of hydrogen-bond acceptors (Lipinski definition) is 3. The van der Waals surface area contributed by atoms with Crippen molar-refractivity contribution in [1.29, 1.82) is 0 Å². The smallest absolute Gasteiger partial charge is 0.312 e. The largest absolute Gasteiger partial charge is 0.481 e. The molecule has 0 saturated carbocycles. The number of carboxylic acids is 1. The van der Waals surface area contributed by atoms with E-state index in [1.54, 1.807) is 30.3 Å². The Bertz CT molecular complexity index is 646. The van der Waals surface area contributed by atoms with E-state index >= 15 is 0 Å². The SMILES string of the molecule is O=C(NCC(C(=O)O)c1ccccc1)c1ccnc(Cl)c1. The number of carboxylic acid groups (broad SMARTS) is 1. The van der Waals surface area contributed by atoms with E-state index in [0.29, 0.717) is 11.1 Å². The van der Waals surface area contributed by atoms with Crippen LogP contribution in [0.4, 0.5) is 0 Å². The summed E-state index contributed by atoms with van der Waals surface area (Å²) in [6.45, 7) is -0.00186. The Balaban J connectivity index is 2.06. The normalized spacial score (nSPS) is 11.7. The summed E-state index contributed by atoms with van der Waals surface area (Å²) in [7, 11) is 0. The lowest BCUT2D eigenvalue weighted by atomic mass is 9.99. The third-order valence-corrected chi connectivity index (χ3v) is 3.16. The lowest BCUT2D eigenvalue weighted by Gasteiger charge is -2.13. The molecule has 1 atom stereocenters. The molecule has 0 bridgehead atoms. The number of nitrogens with zero attached hydrogens (tertiary/aromatic N) is 1. The molecule has 2 rings (SSSR count). The zero-order valence-corrected chi connectivity index (χ0v) is 11.7. The summed E-state index contributed by atoms with van der Waals surface area (Å²) in [6.07, 6.45) is 1.42. The molecule has 1 aromatic carbocycles. The zero-order valence-electron chi connectivity index (χ0n) is 11.0. The van der Waals surface area contributed by atoms with E-state index in [9.17, 15) is 14.7 Å². The van der Waals surface area contributed by atoms with E-state index < -0.39 is 11.9 Å². The van der Waals surface area contributed by atoms with Crippen molar-refractivity contribution in [3.63, 3.8) is 0 Å². The number of hydrogen-bond donors (Lipinski definition) is 2. The summed E-state index contributed by atoms with van der Waals surface area (Å²) in [5.74, 6) is -2.18. The minimum absolute atomic E-state index is 0.00186. The van der Waals surface area contributed by atoms with Gasteiger partial charge in [-0.3, -0.25) is 9.59 Å². The van der Waals surface area contributed by atoms with E-state index in [2.05, 4.69) is 10.3 Å². The van der Waals surface area contributed by atoms with Gasteiger partial charge in [0.15, 0.2) is 0 Å². The number of aliphatic carboxylic acids is 1. The van der Waals surface area contributed by atoms with Crippen LogP contribution in [0.25, 0.3) is 0 Å². The number of halogens is 1. The molecule has 0 saturated heterocycles. The topological polar surface area (TPSA) is 79.3 Å². The van der Waals surface area contributed by atoms with Gasteiger partial charge in [0.1, 0.15) is 5.15 Å². The highest BCUT2D eigenvalue weighted by Gasteiger charge is 2.20. The summed E-state index contributed by atoms with van der Waals surface area (Å²) in [5.41, 5.74) is 0.977. The predicted octanol–water partition coefficient (Wildman–Crippen LogP) is 2.33. The number of aromatic nitrogens is 1. The van der Waals surface area contributed by atoms with Gasteiger partial charge in [-0.1, -0.05) is 41.9 Å². The quantitative estimate of drug-likeness (QED) is 0.831. The molecule has 2 N–H and O–H groups in total. The average Bonchev–Trinajstić information content (AvgIpc) is 2.48. The van der Waals surface area contributed by atoms with Gasteiger partial charge in [-0.15, -0.1) is 0 Å². The molecular weight excluding hydrogens is 292 g/mol. The second kappa shape index (κ2) is 6.85. The van der Waals surface area contributed by atoms with E-state index in [4.69, 9.17) is 11.6 Å². The summed E-state index contributed by atoms with van der Waals surface area (Å²) in [5, 5.41) is 12.1. The molecule has 0 radical (unpaired) electrons. The van der Waals surface area contributed by atoms with Gasteiger partial charge in [0, 0.05) is 18.3 Å². The molecule has 2 aromatic rings. The lowest BCUT2D eigenvalue weighted by Crippen LogP contribution is -2.31. The van der Waals surface area contributed by atoms with Crippen LogP contribution in [0.15, 0.2) is 48.7 Å². The maximum Gasteiger partial charge on any atom is 0.312 e. The van der Waals surface area contributed by atoms with Gasteiger partial charge < -0.3 is 10.4 Å². The second-order valence-corrected chi connectivity index (χ2v) is 4.77. The third-order valence-electron chi connectivity index (χ3n) is 2.96. The van der Waals surface area contributed by atoms with E-state index in [-0.39, 0.29) is 17.6 Å². The molecular formula is C15H13ClN2O3. The van der Waals surface area contributed by atoms with Crippen molar-refractivity contribution >= 4 is 23.5 Å². The third kappa shape index (κ3) is 4.03. The molecule has 108 valence electrons. The molecule has 21 heavy (non-hydrogen) atoms. The molecule has 0 spiro atoms. The van der Waals surface area contributed by atoms with Crippen molar-refractivity contribution in [2.45, 2.75) is 5.92 Å². The first-order valence-electron chi connectivity index (χ1n) is 6.25. The molecule has 6 heteroatoms. The number of pyridine rings is 1. The average molecular weight is 305 g/mol. The number of rotatable bonds is 5. The van der Waals surface area contributed by atoms with Gasteiger partial charge in [0.2, 0.25) is 0 Å². The highest BCUT2D eigenvalue weighted by Crippen LogP contribution is 2.15. The van der Waals surface area contributed by atoms with E-state index in [1.165, 1.54) is 18.3 Å². The fourth-order valence-corrected chi connectivity index (χ4v) is 2.05. The van der Waals surface area contributed by atoms with Gasteiger partial charge in [-0.05, 0) is 17.7 Å². The summed E-state index contributed by atoms with van der Waals surface area (Å²) in [4.78, 5) is 27.1. The van der Waals surface area contributed by atoms with Crippen LogP contribution in [-0.2, 0) is 4.79 Å². The van der Waals surface area contributed by atoms with Crippen molar-refractivity contribution in [2.24, 2.45) is 0 Å². The maximum absolute atomic E-state index is 12.0. The van der Waals surface area contributed by atoms with Crippen molar-refractivity contribution in [2.75, 3.05) is 6.54 Å². The molecule has 0 aliphatic rings. The second-order valence-electron chi connectivity index (χ2n) is 4.38. The first kappa shape index (κ1) is 15.0. The van der Waals surface area contributed by atoms with Crippen LogP contribution in [-0.4, -0.2) is 28.5 Å². The van der Waals surface area contributed by atoms with Crippen LogP contribution in [0.2, 0.25) is 5.15 Å². The molecule has 5 nitrogen and oxygen atoms in total. The van der Waals surface area contributed by atoms with Crippen molar-refractivity contribution in [1.82, 2.24) is 10.3 Å². The monoisotopic (exact) mass is 304 g/mol. The van der Waals surface area contributed by atoms with Crippen LogP contribution in [0.3, 0.4) is 0 Å². The fourth-order valence-electron chi connectivity index (χ4n) is 1.87. The van der Waals surface area contributed by atoms with Crippen molar-refractivity contribution in [3.05, 3.63) is 64.9 Å². The van der Waals surface area contributed by atoms with Gasteiger partial charge in [-0.2, -0.15) is 0 Å².